The van der Waals surface area contributed by atoms with Crippen LogP contribution in [0.3, 0.4) is 0 Å². The van der Waals surface area contributed by atoms with Gasteiger partial charge in [-0.05, 0) is 13.0 Å². The van der Waals surface area contributed by atoms with E-state index < -0.39 is 17.9 Å². The zero-order valence-electron chi connectivity index (χ0n) is 6.28. The van der Waals surface area contributed by atoms with E-state index in [9.17, 15) is 9.59 Å². The van der Waals surface area contributed by atoms with Gasteiger partial charge in [0.25, 0.3) is 0 Å². The number of primary amides is 2. The normalized spacial score (nSPS) is 10.4. The molecule has 0 radical (unpaired) electrons. The third kappa shape index (κ3) is 17.7. The largest absolute Gasteiger partial charge is 0.384 e. The van der Waals surface area contributed by atoms with Crippen molar-refractivity contribution in [1.29, 1.82) is 0 Å². The van der Waals surface area contributed by atoms with Crippen molar-refractivity contribution in [1.82, 2.24) is 0 Å². The maximum absolute atomic E-state index is 9.67. The molecule has 0 saturated carbocycles. The molecule has 0 spiro atoms. The van der Waals surface area contributed by atoms with Gasteiger partial charge in [0.05, 0.1) is 0 Å². The van der Waals surface area contributed by atoms with Crippen LogP contribution in [0.1, 0.15) is 6.92 Å². The Balaban J connectivity index is 0. The van der Waals surface area contributed by atoms with Crippen molar-refractivity contribution in [2.24, 2.45) is 11.5 Å². The minimum Gasteiger partial charge on any atom is -0.384 e. The molecule has 0 aromatic carbocycles. The Morgan fingerprint density at radius 2 is 1.73 bits per heavy atom. The number of hydrogen-bond acceptors (Lipinski definition) is 3. The summed E-state index contributed by atoms with van der Waals surface area (Å²) in [6.45, 7) is 4.41. The van der Waals surface area contributed by atoms with E-state index in [2.05, 4.69) is 18.0 Å². The SMILES string of the molecule is C=CC(N)=O.CC(O)C(N)=O. The fraction of sp³-hybridized carbons (Fsp3) is 0.333. The van der Waals surface area contributed by atoms with Gasteiger partial charge in [0.2, 0.25) is 11.8 Å². The molecule has 1 atom stereocenters. The third-order valence-electron chi connectivity index (χ3n) is 0.613. The third-order valence-corrected chi connectivity index (χ3v) is 0.613. The number of hydrogen-bond donors (Lipinski definition) is 3. The van der Waals surface area contributed by atoms with Crippen molar-refractivity contribution in [3.05, 3.63) is 12.7 Å². The van der Waals surface area contributed by atoms with Crippen molar-refractivity contribution in [3.63, 3.8) is 0 Å². The number of nitrogens with two attached hydrogens (primary N) is 2. The Morgan fingerprint density at radius 3 is 1.73 bits per heavy atom. The summed E-state index contributed by atoms with van der Waals surface area (Å²) in [6, 6.07) is 0. The van der Waals surface area contributed by atoms with Gasteiger partial charge in [0.1, 0.15) is 6.10 Å². The molecule has 0 aliphatic heterocycles. The summed E-state index contributed by atoms with van der Waals surface area (Å²) >= 11 is 0. The molecule has 0 fully saturated rings. The van der Waals surface area contributed by atoms with Gasteiger partial charge in [0.15, 0.2) is 0 Å². The van der Waals surface area contributed by atoms with Crippen molar-refractivity contribution < 1.29 is 14.7 Å². The van der Waals surface area contributed by atoms with Crippen LogP contribution in [0.5, 0.6) is 0 Å². The van der Waals surface area contributed by atoms with Crippen molar-refractivity contribution in [2.45, 2.75) is 13.0 Å². The molecule has 0 saturated heterocycles. The lowest BCUT2D eigenvalue weighted by atomic mass is 10.4. The van der Waals surface area contributed by atoms with E-state index in [4.69, 9.17) is 5.11 Å². The van der Waals surface area contributed by atoms with E-state index >= 15 is 0 Å². The van der Waals surface area contributed by atoms with Gasteiger partial charge in [-0.3, -0.25) is 9.59 Å². The van der Waals surface area contributed by atoms with E-state index in [1.54, 1.807) is 0 Å². The molecule has 0 rings (SSSR count). The van der Waals surface area contributed by atoms with E-state index in [-0.39, 0.29) is 0 Å². The minimum absolute atomic E-state index is 0.481. The highest BCUT2D eigenvalue weighted by molar-refractivity contribution is 5.84. The summed E-state index contributed by atoms with van der Waals surface area (Å²) in [4.78, 5) is 19.1. The second kappa shape index (κ2) is 6.76. The summed E-state index contributed by atoms with van der Waals surface area (Å²) in [5.74, 6) is -1.17. The van der Waals surface area contributed by atoms with Gasteiger partial charge in [-0.1, -0.05) is 6.58 Å². The maximum Gasteiger partial charge on any atom is 0.245 e. The van der Waals surface area contributed by atoms with Crippen molar-refractivity contribution in [3.8, 4) is 0 Å². The molecule has 0 aromatic heterocycles. The smallest absolute Gasteiger partial charge is 0.245 e. The Bertz CT molecular complexity index is 154. The zero-order valence-corrected chi connectivity index (χ0v) is 6.28. The predicted molar refractivity (Wildman–Crippen MR) is 40.3 cm³/mol. The molecular formula is C6H12N2O3. The Hall–Kier alpha value is -1.36. The monoisotopic (exact) mass is 160 g/mol. The molecule has 2 amide bonds. The second-order valence-corrected chi connectivity index (χ2v) is 1.68. The molecular weight excluding hydrogens is 148 g/mol. The van der Waals surface area contributed by atoms with Gasteiger partial charge < -0.3 is 16.6 Å². The van der Waals surface area contributed by atoms with E-state index in [0.29, 0.717) is 0 Å². The van der Waals surface area contributed by atoms with Crippen LogP contribution in [-0.4, -0.2) is 23.0 Å². The van der Waals surface area contributed by atoms with Gasteiger partial charge in [-0.25, -0.2) is 0 Å². The summed E-state index contributed by atoms with van der Waals surface area (Å²) in [7, 11) is 0. The fourth-order valence-corrected chi connectivity index (χ4v) is 0. The predicted octanol–water partition coefficient (Wildman–Crippen LogP) is -1.49. The fourth-order valence-electron chi connectivity index (χ4n) is 0. The summed E-state index contributed by atoms with van der Waals surface area (Å²) < 4.78 is 0. The van der Waals surface area contributed by atoms with Crippen LogP contribution in [0, 0.1) is 0 Å². The first kappa shape index (κ1) is 12.3. The Labute approximate surface area is 64.7 Å². The average molecular weight is 160 g/mol. The van der Waals surface area contributed by atoms with Crippen LogP contribution in [-0.2, 0) is 9.59 Å². The molecule has 5 nitrogen and oxygen atoms in total. The number of carbonyl (C=O) groups is 2. The first-order chi connectivity index (χ1) is 4.91. The minimum atomic E-state index is -1.01. The van der Waals surface area contributed by atoms with E-state index in [1.165, 1.54) is 6.92 Å². The van der Waals surface area contributed by atoms with Crippen LogP contribution in [0.15, 0.2) is 12.7 Å². The lowest BCUT2D eigenvalue weighted by Gasteiger charge is -1.90. The van der Waals surface area contributed by atoms with Crippen molar-refractivity contribution >= 4 is 11.8 Å². The zero-order chi connectivity index (χ0) is 9.44. The highest BCUT2D eigenvalue weighted by Gasteiger charge is 1.98. The molecule has 0 aliphatic carbocycles. The van der Waals surface area contributed by atoms with E-state index in [1.807, 2.05) is 0 Å². The Kier molecular flexibility index (Phi) is 7.57. The van der Waals surface area contributed by atoms with Gasteiger partial charge in [-0.15, -0.1) is 0 Å². The number of amides is 2. The Morgan fingerprint density at radius 1 is 1.55 bits per heavy atom. The van der Waals surface area contributed by atoms with Crippen LogP contribution in [0.25, 0.3) is 0 Å². The number of carbonyl (C=O) groups excluding carboxylic acids is 2. The quantitative estimate of drug-likeness (QED) is 0.428. The second-order valence-electron chi connectivity index (χ2n) is 1.68. The van der Waals surface area contributed by atoms with Gasteiger partial charge in [0, 0.05) is 0 Å². The molecule has 5 heteroatoms. The van der Waals surface area contributed by atoms with Crippen LogP contribution in [0.4, 0.5) is 0 Å². The van der Waals surface area contributed by atoms with Crippen molar-refractivity contribution in [2.75, 3.05) is 0 Å². The van der Waals surface area contributed by atoms with Crippen LogP contribution in [0.2, 0.25) is 0 Å². The topological polar surface area (TPSA) is 106 Å². The molecule has 0 heterocycles. The summed E-state index contributed by atoms with van der Waals surface area (Å²) in [5, 5.41) is 8.16. The molecule has 11 heavy (non-hydrogen) atoms. The maximum atomic E-state index is 9.67. The number of aliphatic hydroxyl groups excluding tert-OH is 1. The summed E-state index contributed by atoms with van der Waals surface area (Å²) in [6.07, 6.45) is 0.0463. The molecule has 5 N–H and O–H groups in total. The number of aliphatic hydroxyl groups is 1. The standard InChI is InChI=1S/C3H7NO2.C3H5NO/c1-2(5)3(4)6;1-2-3(4)5/h2,5H,1H3,(H2,4,6);2H,1H2,(H2,4,5). The van der Waals surface area contributed by atoms with Gasteiger partial charge in [-0.2, -0.15) is 0 Å². The van der Waals surface area contributed by atoms with Crippen LogP contribution >= 0.6 is 0 Å². The first-order valence-corrected chi connectivity index (χ1v) is 2.81. The molecule has 64 valence electrons. The molecule has 0 aliphatic rings. The number of rotatable bonds is 2. The average Bonchev–Trinajstić information content (AvgIpc) is 1.89. The highest BCUT2D eigenvalue weighted by atomic mass is 16.3. The molecule has 0 bridgehead atoms. The van der Waals surface area contributed by atoms with Gasteiger partial charge >= 0.3 is 0 Å². The first-order valence-electron chi connectivity index (χ1n) is 2.81. The van der Waals surface area contributed by atoms with E-state index in [0.717, 1.165) is 6.08 Å². The lowest BCUT2D eigenvalue weighted by Crippen LogP contribution is -2.24. The highest BCUT2D eigenvalue weighted by Crippen LogP contribution is 1.70. The molecule has 1 unspecified atom stereocenters. The molecule has 0 aromatic rings. The summed E-state index contributed by atoms with van der Waals surface area (Å²) in [5.41, 5.74) is 9.08. The lowest BCUT2D eigenvalue weighted by molar-refractivity contribution is -0.125. The van der Waals surface area contributed by atoms with Crippen LogP contribution < -0.4 is 11.5 Å².